The van der Waals surface area contributed by atoms with Gasteiger partial charge in [0, 0.05) is 48.2 Å². The smallest absolute Gasteiger partial charge is 0.306 e. The molecule has 0 aliphatic rings. The Bertz CT molecular complexity index is 731. The Labute approximate surface area is 241 Å². The van der Waals surface area contributed by atoms with Crippen LogP contribution in [0, 0.1) is 0 Å². The van der Waals surface area contributed by atoms with Crippen molar-refractivity contribution in [3.63, 3.8) is 0 Å². The number of alkyl halides is 2. The standard InChI is InChI=1S/C10H19N3O3.C10H20O4.CH2Cl2.CH3ClO2S/c1-10(2,3)16-9(14)5-4-7-15-8-6-12-13-11;1-10(2,3)14-9(12)5-4-7-13-8-6-11;2-1-3;1-5(2,3)4/h4-8H2,1-3H3;11H,4-8H2,1-3H3;1H2;1H3. The van der Waals surface area contributed by atoms with Crippen LogP contribution in [0.4, 0.5) is 0 Å². The highest BCUT2D eigenvalue weighted by atomic mass is 35.7. The number of carbonyl (C=O) groups is 2. The summed E-state index contributed by atoms with van der Waals surface area (Å²) in [5.74, 6) is -0.420. The van der Waals surface area contributed by atoms with Crippen LogP contribution in [-0.2, 0) is 37.6 Å². The summed E-state index contributed by atoms with van der Waals surface area (Å²) in [4.78, 5) is 25.0. The van der Waals surface area contributed by atoms with Gasteiger partial charge in [-0.3, -0.25) is 9.59 Å². The number of halogens is 3. The highest BCUT2D eigenvalue weighted by molar-refractivity contribution is 8.13. The van der Waals surface area contributed by atoms with Crippen molar-refractivity contribution in [2.75, 3.05) is 51.2 Å². The molecule has 0 saturated heterocycles. The zero-order chi connectivity index (χ0) is 30.7. The van der Waals surface area contributed by atoms with Crippen LogP contribution in [0.15, 0.2) is 5.11 Å². The van der Waals surface area contributed by atoms with Crippen molar-refractivity contribution in [3.05, 3.63) is 10.4 Å². The molecule has 0 rings (SSSR count). The van der Waals surface area contributed by atoms with E-state index < -0.39 is 20.3 Å². The van der Waals surface area contributed by atoms with E-state index in [0.717, 1.165) is 6.26 Å². The quantitative estimate of drug-likeness (QED) is 0.0547. The lowest BCUT2D eigenvalue weighted by Crippen LogP contribution is -2.23. The summed E-state index contributed by atoms with van der Waals surface area (Å²) in [6.45, 7) is 13.0. The van der Waals surface area contributed by atoms with Crippen molar-refractivity contribution in [3.8, 4) is 0 Å². The molecule has 0 aliphatic carbocycles. The molecule has 228 valence electrons. The average molecular weight is 633 g/mol. The van der Waals surface area contributed by atoms with E-state index in [2.05, 4.69) is 20.7 Å². The summed E-state index contributed by atoms with van der Waals surface area (Å²) in [5, 5.41) is 11.9. The maximum Gasteiger partial charge on any atom is 0.306 e. The molecule has 0 atom stereocenters. The molecule has 0 fully saturated rings. The maximum absolute atomic E-state index is 11.2. The fourth-order valence-corrected chi connectivity index (χ4v) is 1.84. The highest BCUT2D eigenvalue weighted by Crippen LogP contribution is 2.09. The van der Waals surface area contributed by atoms with Crippen LogP contribution in [0.5, 0.6) is 0 Å². The van der Waals surface area contributed by atoms with Gasteiger partial charge in [-0.05, 0) is 59.9 Å². The molecule has 0 saturated carbocycles. The van der Waals surface area contributed by atoms with Crippen molar-refractivity contribution < 1.29 is 42.1 Å². The van der Waals surface area contributed by atoms with Gasteiger partial charge in [0.15, 0.2) is 0 Å². The Morgan fingerprint density at radius 1 is 0.868 bits per heavy atom. The molecule has 0 aromatic heterocycles. The molecule has 0 spiro atoms. The summed E-state index contributed by atoms with van der Waals surface area (Å²) in [5.41, 5.74) is 7.15. The van der Waals surface area contributed by atoms with Gasteiger partial charge >= 0.3 is 11.9 Å². The van der Waals surface area contributed by atoms with Crippen LogP contribution in [0.1, 0.15) is 67.2 Å². The van der Waals surface area contributed by atoms with Crippen molar-refractivity contribution in [1.82, 2.24) is 0 Å². The van der Waals surface area contributed by atoms with Crippen molar-refractivity contribution >= 4 is 54.9 Å². The van der Waals surface area contributed by atoms with E-state index in [1.807, 2.05) is 41.5 Å². The highest BCUT2D eigenvalue weighted by Gasteiger charge is 2.16. The molecule has 0 aliphatic heterocycles. The van der Waals surface area contributed by atoms with E-state index in [-0.39, 0.29) is 23.9 Å². The average Bonchev–Trinajstić information content (AvgIpc) is 2.70. The Kier molecular flexibility index (Phi) is 31.8. The molecule has 0 heterocycles. The summed E-state index contributed by atoms with van der Waals surface area (Å²) in [7, 11) is 1.31. The molecule has 0 unspecified atom stereocenters. The predicted octanol–water partition coefficient (Wildman–Crippen LogP) is 5.16. The first-order valence-corrected chi connectivity index (χ1v) is 15.3. The minimum absolute atomic E-state index is 0.0203. The molecule has 38 heavy (non-hydrogen) atoms. The zero-order valence-corrected chi connectivity index (χ0v) is 26.5. The van der Waals surface area contributed by atoms with Gasteiger partial charge in [0.2, 0.25) is 9.05 Å². The predicted molar refractivity (Wildman–Crippen MR) is 150 cm³/mol. The third-order valence-electron chi connectivity index (χ3n) is 2.81. The first-order valence-electron chi connectivity index (χ1n) is 11.5. The van der Waals surface area contributed by atoms with E-state index in [9.17, 15) is 18.0 Å². The van der Waals surface area contributed by atoms with Crippen molar-refractivity contribution in [2.24, 2.45) is 5.11 Å². The normalized spacial score (nSPS) is 10.7. The minimum atomic E-state index is -3.19. The second kappa shape index (κ2) is 27.5. The number of ether oxygens (including phenoxy) is 4. The van der Waals surface area contributed by atoms with Gasteiger partial charge in [0.1, 0.15) is 11.2 Å². The fraction of sp³-hybridized carbons (Fsp3) is 0.909. The maximum atomic E-state index is 11.2. The van der Waals surface area contributed by atoms with Crippen LogP contribution in [0.25, 0.3) is 10.4 Å². The zero-order valence-electron chi connectivity index (χ0n) is 23.4. The SMILES string of the molecule is CC(C)(C)OC(=O)CCCOCCN=[N+]=[N-].CC(C)(C)OC(=O)CCCOCCO.CS(=O)(=O)Cl.ClCCl. The van der Waals surface area contributed by atoms with Gasteiger partial charge in [0.05, 0.1) is 31.4 Å². The van der Waals surface area contributed by atoms with E-state index in [1.54, 1.807) is 0 Å². The molecular weight excluding hydrogens is 589 g/mol. The Balaban J connectivity index is -0.000000238. The van der Waals surface area contributed by atoms with E-state index >= 15 is 0 Å². The number of hydrogen-bond donors (Lipinski definition) is 1. The molecule has 12 nitrogen and oxygen atoms in total. The van der Waals surface area contributed by atoms with Crippen molar-refractivity contribution in [2.45, 2.75) is 78.4 Å². The molecule has 0 bridgehead atoms. The van der Waals surface area contributed by atoms with Crippen molar-refractivity contribution in [1.29, 1.82) is 0 Å². The summed E-state index contributed by atoms with van der Waals surface area (Å²) >= 11 is 9.53. The Morgan fingerprint density at radius 2 is 1.21 bits per heavy atom. The number of nitrogens with zero attached hydrogens (tertiary/aromatic N) is 3. The van der Waals surface area contributed by atoms with Crippen LogP contribution in [0.3, 0.4) is 0 Å². The van der Waals surface area contributed by atoms with Crippen LogP contribution in [0.2, 0.25) is 0 Å². The minimum Gasteiger partial charge on any atom is -0.460 e. The van der Waals surface area contributed by atoms with E-state index in [4.69, 9.17) is 52.8 Å². The monoisotopic (exact) mass is 631 g/mol. The molecule has 0 amide bonds. The van der Waals surface area contributed by atoms with Crippen LogP contribution in [-0.4, -0.2) is 87.8 Å². The van der Waals surface area contributed by atoms with E-state index in [0.29, 0.717) is 58.7 Å². The number of rotatable bonds is 13. The molecule has 0 radical (unpaired) electrons. The van der Waals surface area contributed by atoms with Crippen LogP contribution >= 0.6 is 33.9 Å². The van der Waals surface area contributed by atoms with E-state index in [1.165, 1.54) is 0 Å². The first kappa shape index (κ1) is 44.0. The van der Waals surface area contributed by atoms with Gasteiger partial charge in [-0.1, -0.05) is 5.11 Å². The fourth-order valence-electron chi connectivity index (χ4n) is 1.84. The topological polar surface area (TPSA) is 174 Å². The van der Waals surface area contributed by atoms with Gasteiger partial charge in [-0.25, -0.2) is 8.42 Å². The number of carbonyl (C=O) groups excluding carboxylic acids is 2. The summed E-state index contributed by atoms with van der Waals surface area (Å²) in [6, 6.07) is 0. The number of esters is 2. The molecule has 1 N–H and O–H groups in total. The number of hydrogen-bond acceptors (Lipinski definition) is 10. The van der Waals surface area contributed by atoms with Gasteiger partial charge in [0.25, 0.3) is 0 Å². The van der Waals surface area contributed by atoms with Gasteiger partial charge in [-0.2, -0.15) is 0 Å². The lowest BCUT2D eigenvalue weighted by molar-refractivity contribution is -0.156. The first-order chi connectivity index (χ1) is 17.3. The lowest BCUT2D eigenvalue weighted by atomic mass is 10.2. The number of aliphatic hydroxyl groups excluding tert-OH is 1. The Hall–Kier alpha value is -1.05. The lowest BCUT2D eigenvalue weighted by Gasteiger charge is -2.19. The third kappa shape index (κ3) is 64.7. The Morgan fingerprint density at radius 3 is 1.50 bits per heavy atom. The molecular formula is C22H44Cl3N3O9S. The second-order valence-corrected chi connectivity index (χ2v) is 12.9. The number of azide groups is 1. The molecule has 16 heteroatoms. The molecule has 0 aromatic carbocycles. The van der Waals surface area contributed by atoms with Gasteiger partial charge in [-0.15, -0.1) is 23.2 Å². The largest absolute Gasteiger partial charge is 0.460 e. The second-order valence-electron chi connectivity index (χ2n) is 9.07. The summed E-state index contributed by atoms with van der Waals surface area (Å²) < 4.78 is 39.2. The third-order valence-corrected chi connectivity index (χ3v) is 2.81. The summed E-state index contributed by atoms with van der Waals surface area (Å²) in [6.07, 6.45) is 2.89. The number of aliphatic hydroxyl groups is 1. The van der Waals surface area contributed by atoms with Gasteiger partial charge < -0.3 is 24.1 Å². The molecule has 0 aromatic rings. The van der Waals surface area contributed by atoms with Crippen LogP contribution < -0.4 is 0 Å².